The van der Waals surface area contributed by atoms with E-state index in [1.807, 2.05) is 42.5 Å². The van der Waals surface area contributed by atoms with Gasteiger partial charge >= 0.3 is 5.97 Å². The molecule has 106 valence electrons. The smallest absolute Gasteiger partial charge is 0.339 e. The second-order valence-electron chi connectivity index (χ2n) is 4.95. The van der Waals surface area contributed by atoms with Crippen LogP contribution in [0.3, 0.4) is 0 Å². The van der Waals surface area contributed by atoms with Gasteiger partial charge in [-0.05, 0) is 11.6 Å². The first kappa shape index (κ1) is 13.4. The van der Waals surface area contributed by atoms with Gasteiger partial charge in [-0.25, -0.2) is 4.79 Å². The Morgan fingerprint density at radius 3 is 2.57 bits per heavy atom. The van der Waals surface area contributed by atoms with Gasteiger partial charge < -0.3 is 10.1 Å². The highest BCUT2D eigenvalue weighted by Gasteiger charge is 2.31. The molecule has 1 unspecified atom stereocenters. The third-order valence-corrected chi connectivity index (χ3v) is 3.48. The van der Waals surface area contributed by atoms with E-state index < -0.39 is 6.10 Å². The first-order chi connectivity index (χ1) is 10.2. The van der Waals surface area contributed by atoms with Crippen molar-refractivity contribution in [1.29, 1.82) is 0 Å². The molecule has 0 aromatic heterocycles. The van der Waals surface area contributed by atoms with E-state index in [1.54, 1.807) is 12.1 Å². The van der Waals surface area contributed by atoms with Crippen LogP contribution in [0, 0.1) is 0 Å². The second kappa shape index (κ2) is 5.79. The molecule has 0 fully saturated rings. The van der Waals surface area contributed by atoms with Crippen LogP contribution in [0.4, 0.5) is 0 Å². The summed E-state index contributed by atoms with van der Waals surface area (Å²) in [4.78, 5) is 23.7. The average molecular weight is 281 g/mol. The van der Waals surface area contributed by atoms with Gasteiger partial charge in [0, 0.05) is 12.1 Å². The van der Waals surface area contributed by atoms with Crippen LogP contribution in [-0.4, -0.2) is 11.9 Å². The SMILES string of the molecule is O=C(CC1OC(=O)c2ccccc21)NCc1ccccc1. The molecule has 1 heterocycles. The molecule has 0 aliphatic carbocycles. The second-order valence-corrected chi connectivity index (χ2v) is 4.95. The van der Waals surface area contributed by atoms with Gasteiger partial charge in [-0.3, -0.25) is 4.79 Å². The minimum atomic E-state index is -0.482. The highest BCUT2D eigenvalue weighted by atomic mass is 16.5. The zero-order valence-electron chi connectivity index (χ0n) is 11.4. The molecule has 4 nitrogen and oxygen atoms in total. The van der Waals surface area contributed by atoms with Crippen LogP contribution < -0.4 is 5.32 Å². The van der Waals surface area contributed by atoms with Gasteiger partial charge in [0.1, 0.15) is 6.10 Å². The molecule has 1 atom stereocenters. The van der Waals surface area contributed by atoms with Crippen molar-refractivity contribution in [3.05, 3.63) is 71.3 Å². The number of benzene rings is 2. The largest absolute Gasteiger partial charge is 0.453 e. The summed E-state index contributed by atoms with van der Waals surface area (Å²) in [5.74, 6) is -0.486. The summed E-state index contributed by atoms with van der Waals surface area (Å²) in [7, 11) is 0. The van der Waals surface area contributed by atoms with Crippen molar-refractivity contribution in [3.8, 4) is 0 Å². The number of amides is 1. The predicted molar refractivity (Wildman–Crippen MR) is 77.5 cm³/mol. The number of cyclic esters (lactones) is 1. The monoisotopic (exact) mass is 281 g/mol. The van der Waals surface area contributed by atoms with Gasteiger partial charge in [0.25, 0.3) is 0 Å². The average Bonchev–Trinajstić information content (AvgIpc) is 2.83. The Balaban J connectivity index is 1.60. The Morgan fingerprint density at radius 2 is 1.76 bits per heavy atom. The van der Waals surface area contributed by atoms with Crippen molar-refractivity contribution < 1.29 is 14.3 Å². The standard InChI is InChI=1S/C17H15NO3/c19-16(18-11-12-6-2-1-3-7-12)10-15-13-8-4-5-9-14(13)17(20)21-15/h1-9,15H,10-11H2,(H,18,19). The number of esters is 1. The number of hydrogen-bond donors (Lipinski definition) is 1. The van der Waals surface area contributed by atoms with Crippen molar-refractivity contribution in [2.75, 3.05) is 0 Å². The van der Waals surface area contributed by atoms with Gasteiger partial charge in [-0.1, -0.05) is 48.5 Å². The van der Waals surface area contributed by atoms with Gasteiger partial charge in [0.15, 0.2) is 0 Å². The van der Waals surface area contributed by atoms with Crippen molar-refractivity contribution >= 4 is 11.9 Å². The topological polar surface area (TPSA) is 55.4 Å². The highest BCUT2D eigenvalue weighted by Crippen LogP contribution is 2.32. The third kappa shape index (κ3) is 2.94. The zero-order valence-corrected chi connectivity index (χ0v) is 11.4. The maximum atomic E-state index is 12.0. The lowest BCUT2D eigenvalue weighted by atomic mass is 10.0. The fourth-order valence-electron chi connectivity index (χ4n) is 2.41. The summed E-state index contributed by atoms with van der Waals surface area (Å²) >= 11 is 0. The van der Waals surface area contributed by atoms with Gasteiger partial charge in [0.05, 0.1) is 12.0 Å². The molecular formula is C17H15NO3. The lowest BCUT2D eigenvalue weighted by molar-refractivity contribution is -0.123. The van der Waals surface area contributed by atoms with Crippen LogP contribution in [-0.2, 0) is 16.1 Å². The molecule has 0 radical (unpaired) electrons. The van der Waals surface area contributed by atoms with E-state index in [-0.39, 0.29) is 18.3 Å². The van der Waals surface area contributed by atoms with Gasteiger partial charge in [0.2, 0.25) is 5.91 Å². The molecule has 1 aliphatic heterocycles. The maximum absolute atomic E-state index is 12.0. The maximum Gasteiger partial charge on any atom is 0.339 e. The van der Waals surface area contributed by atoms with Crippen LogP contribution in [0.15, 0.2) is 54.6 Å². The molecule has 2 aromatic carbocycles. The summed E-state index contributed by atoms with van der Waals surface area (Å²) in [6.07, 6.45) is -0.334. The summed E-state index contributed by atoms with van der Waals surface area (Å²) in [5, 5.41) is 2.84. The number of fused-ring (bicyclic) bond motifs is 1. The summed E-state index contributed by atoms with van der Waals surface area (Å²) < 4.78 is 5.25. The third-order valence-electron chi connectivity index (χ3n) is 3.48. The lowest BCUT2D eigenvalue weighted by Crippen LogP contribution is -2.24. The van der Waals surface area contributed by atoms with E-state index in [0.29, 0.717) is 12.1 Å². The van der Waals surface area contributed by atoms with Gasteiger partial charge in [-0.2, -0.15) is 0 Å². The Kier molecular flexibility index (Phi) is 3.69. The van der Waals surface area contributed by atoms with E-state index >= 15 is 0 Å². The first-order valence-corrected chi connectivity index (χ1v) is 6.84. The molecule has 1 N–H and O–H groups in total. The highest BCUT2D eigenvalue weighted by molar-refractivity contribution is 5.94. The number of hydrogen-bond acceptors (Lipinski definition) is 3. The minimum Gasteiger partial charge on any atom is -0.453 e. The van der Waals surface area contributed by atoms with Crippen LogP contribution >= 0.6 is 0 Å². The molecule has 1 aliphatic rings. The summed E-state index contributed by atoms with van der Waals surface area (Å²) in [6, 6.07) is 16.9. The summed E-state index contributed by atoms with van der Waals surface area (Å²) in [5.41, 5.74) is 2.38. The fourth-order valence-corrected chi connectivity index (χ4v) is 2.41. The van der Waals surface area contributed by atoms with Crippen molar-refractivity contribution in [3.63, 3.8) is 0 Å². The minimum absolute atomic E-state index is 0.131. The van der Waals surface area contributed by atoms with E-state index in [0.717, 1.165) is 11.1 Å². The van der Waals surface area contributed by atoms with E-state index in [9.17, 15) is 9.59 Å². The molecule has 0 saturated heterocycles. The van der Waals surface area contributed by atoms with Crippen LogP contribution in [0.1, 0.15) is 34.0 Å². The molecule has 3 rings (SSSR count). The molecule has 4 heteroatoms. The van der Waals surface area contributed by atoms with E-state index in [4.69, 9.17) is 4.74 Å². The Labute approximate surface area is 122 Å². The van der Waals surface area contributed by atoms with Crippen molar-refractivity contribution in [1.82, 2.24) is 5.32 Å². The molecule has 0 bridgehead atoms. The fraction of sp³-hybridized carbons (Fsp3) is 0.176. The predicted octanol–water partition coefficient (Wildman–Crippen LogP) is 2.60. The number of ether oxygens (including phenoxy) is 1. The van der Waals surface area contributed by atoms with Crippen molar-refractivity contribution in [2.45, 2.75) is 19.1 Å². The number of carbonyl (C=O) groups excluding carboxylic acids is 2. The Bertz CT molecular complexity index is 667. The van der Waals surface area contributed by atoms with Gasteiger partial charge in [-0.15, -0.1) is 0 Å². The lowest BCUT2D eigenvalue weighted by Gasteiger charge is -2.11. The molecule has 1 amide bonds. The first-order valence-electron chi connectivity index (χ1n) is 6.84. The quantitative estimate of drug-likeness (QED) is 0.876. The normalized spacial score (nSPS) is 16.2. The van der Waals surface area contributed by atoms with E-state index in [1.165, 1.54) is 0 Å². The molecule has 21 heavy (non-hydrogen) atoms. The number of nitrogens with one attached hydrogen (secondary N) is 1. The number of rotatable bonds is 4. The Hall–Kier alpha value is -2.62. The van der Waals surface area contributed by atoms with Crippen molar-refractivity contribution in [2.24, 2.45) is 0 Å². The number of carbonyl (C=O) groups is 2. The van der Waals surface area contributed by atoms with E-state index in [2.05, 4.69) is 5.32 Å². The molecular weight excluding hydrogens is 266 g/mol. The molecule has 0 spiro atoms. The van der Waals surface area contributed by atoms with Crippen LogP contribution in [0.2, 0.25) is 0 Å². The summed E-state index contributed by atoms with van der Waals surface area (Å²) in [6.45, 7) is 0.474. The van der Waals surface area contributed by atoms with Crippen LogP contribution in [0.25, 0.3) is 0 Å². The zero-order chi connectivity index (χ0) is 14.7. The Morgan fingerprint density at radius 1 is 1.05 bits per heavy atom. The van der Waals surface area contributed by atoms with Crippen LogP contribution in [0.5, 0.6) is 0 Å². The molecule has 0 saturated carbocycles. The molecule has 2 aromatic rings.